The van der Waals surface area contributed by atoms with Gasteiger partial charge in [-0.2, -0.15) is 4.68 Å². The largest absolute Gasteiger partial charge is 0.346 e. The molecular formula is C19H19N7. The Morgan fingerprint density at radius 2 is 1.69 bits per heavy atom. The van der Waals surface area contributed by atoms with E-state index in [9.17, 15) is 0 Å². The van der Waals surface area contributed by atoms with E-state index < -0.39 is 0 Å². The number of nitrogens with zero attached hydrogens (tertiary/aromatic N) is 6. The number of aromatic nitrogens is 6. The summed E-state index contributed by atoms with van der Waals surface area (Å²) in [5.41, 5.74) is 2.22. The Hall–Kier alpha value is -3.48. The summed E-state index contributed by atoms with van der Waals surface area (Å²) >= 11 is 0. The van der Waals surface area contributed by atoms with E-state index in [1.165, 1.54) is 5.56 Å². The Morgan fingerprint density at radius 1 is 0.923 bits per heavy atom. The van der Waals surface area contributed by atoms with E-state index in [-0.39, 0.29) is 0 Å². The quantitative estimate of drug-likeness (QED) is 0.557. The standard InChI is InChI=1S/C19H19N7/c1-3-7-16(8-4-1)11-13-25-14-12-20-18(25)15-21-19-22-23-24-26(19)17-9-5-2-6-10-17/h1-10,12,14H,11,13,15H2,(H,21,22,24). The van der Waals surface area contributed by atoms with Gasteiger partial charge in [0.1, 0.15) is 5.82 Å². The Morgan fingerprint density at radius 3 is 2.50 bits per heavy atom. The number of imidazole rings is 1. The molecular weight excluding hydrogens is 326 g/mol. The molecule has 0 saturated heterocycles. The van der Waals surface area contributed by atoms with Crippen molar-refractivity contribution < 1.29 is 0 Å². The molecule has 0 aliphatic carbocycles. The number of benzene rings is 2. The zero-order valence-electron chi connectivity index (χ0n) is 14.2. The lowest BCUT2D eigenvalue weighted by Crippen LogP contribution is -2.12. The van der Waals surface area contributed by atoms with Crippen LogP contribution >= 0.6 is 0 Å². The minimum atomic E-state index is 0.551. The highest BCUT2D eigenvalue weighted by atomic mass is 15.6. The van der Waals surface area contributed by atoms with Gasteiger partial charge in [0.05, 0.1) is 12.2 Å². The number of rotatable bonds is 7. The van der Waals surface area contributed by atoms with E-state index in [0.29, 0.717) is 12.5 Å². The molecule has 0 aliphatic rings. The van der Waals surface area contributed by atoms with Crippen LogP contribution in [0.5, 0.6) is 0 Å². The SMILES string of the molecule is c1ccc(CCn2ccnc2CNc2nnnn2-c2ccccc2)cc1. The molecule has 1 N–H and O–H groups in total. The topological polar surface area (TPSA) is 73.5 Å². The van der Waals surface area contributed by atoms with Crippen molar-refractivity contribution in [2.45, 2.75) is 19.5 Å². The van der Waals surface area contributed by atoms with Crippen LogP contribution in [-0.4, -0.2) is 29.8 Å². The average Bonchev–Trinajstić information content (AvgIpc) is 3.35. The number of anilines is 1. The van der Waals surface area contributed by atoms with Crippen LogP contribution < -0.4 is 5.32 Å². The van der Waals surface area contributed by atoms with E-state index >= 15 is 0 Å². The average molecular weight is 345 g/mol. The first kappa shape index (κ1) is 16.0. The summed E-state index contributed by atoms with van der Waals surface area (Å²) in [6, 6.07) is 20.2. The van der Waals surface area contributed by atoms with Crippen LogP contribution in [0.4, 0.5) is 5.95 Å². The van der Waals surface area contributed by atoms with Crippen LogP contribution in [0.25, 0.3) is 5.69 Å². The van der Waals surface area contributed by atoms with Crippen LogP contribution in [0.3, 0.4) is 0 Å². The van der Waals surface area contributed by atoms with Crippen LogP contribution in [0.2, 0.25) is 0 Å². The summed E-state index contributed by atoms with van der Waals surface area (Å²) in [5.74, 6) is 1.54. The van der Waals surface area contributed by atoms with Crippen molar-refractivity contribution in [3.05, 3.63) is 84.4 Å². The fourth-order valence-corrected chi connectivity index (χ4v) is 2.80. The van der Waals surface area contributed by atoms with Crippen molar-refractivity contribution in [1.82, 2.24) is 29.8 Å². The van der Waals surface area contributed by atoms with Crippen molar-refractivity contribution in [3.8, 4) is 5.69 Å². The second-order valence-corrected chi connectivity index (χ2v) is 5.88. The molecule has 7 nitrogen and oxygen atoms in total. The van der Waals surface area contributed by atoms with E-state index in [2.05, 4.69) is 54.7 Å². The lowest BCUT2D eigenvalue weighted by Gasteiger charge is -2.10. The molecule has 0 fully saturated rings. The number of hydrogen-bond donors (Lipinski definition) is 1. The fourth-order valence-electron chi connectivity index (χ4n) is 2.80. The van der Waals surface area contributed by atoms with Gasteiger partial charge in [-0.1, -0.05) is 53.6 Å². The fraction of sp³-hybridized carbons (Fsp3) is 0.158. The van der Waals surface area contributed by atoms with Crippen molar-refractivity contribution in [2.24, 2.45) is 0 Å². The minimum absolute atomic E-state index is 0.551. The smallest absolute Gasteiger partial charge is 0.248 e. The third-order valence-electron chi connectivity index (χ3n) is 4.16. The van der Waals surface area contributed by atoms with Gasteiger partial charge in [0.2, 0.25) is 5.95 Å². The highest BCUT2D eigenvalue weighted by Gasteiger charge is 2.09. The molecule has 130 valence electrons. The third kappa shape index (κ3) is 3.61. The maximum Gasteiger partial charge on any atom is 0.248 e. The van der Waals surface area contributed by atoms with Gasteiger partial charge in [-0.15, -0.1) is 0 Å². The van der Waals surface area contributed by atoms with Crippen LogP contribution in [0, 0.1) is 0 Å². The third-order valence-corrected chi connectivity index (χ3v) is 4.16. The van der Waals surface area contributed by atoms with Crippen LogP contribution in [-0.2, 0) is 19.5 Å². The number of aryl methyl sites for hydroxylation is 2. The Balaban J connectivity index is 1.42. The molecule has 2 heterocycles. The molecule has 0 saturated carbocycles. The summed E-state index contributed by atoms with van der Waals surface area (Å²) in [7, 11) is 0. The number of nitrogens with one attached hydrogen (secondary N) is 1. The summed E-state index contributed by atoms with van der Waals surface area (Å²) < 4.78 is 3.83. The summed E-state index contributed by atoms with van der Waals surface area (Å²) in [6.07, 6.45) is 4.79. The van der Waals surface area contributed by atoms with Crippen molar-refractivity contribution in [3.63, 3.8) is 0 Å². The van der Waals surface area contributed by atoms with Gasteiger partial charge in [-0.25, -0.2) is 4.98 Å². The zero-order valence-corrected chi connectivity index (χ0v) is 14.2. The molecule has 4 aromatic rings. The van der Waals surface area contributed by atoms with Gasteiger partial charge in [0, 0.05) is 18.9 Å². The molecule has 0 atom stereocenters. The monoisotopic (exact) mass is 345 g/mol. The summed E-state index contributed by atoms with van der Waals surface area (Å²) in [4.78, 5) is 4.45. The molecule has 2 aromatic heterocycles. The zero-order chi connectivity index (χ0) is 17.6. The lowest BCUT2D eigenvalue weighted by molar-refractivity contribution is 0.656. The highest BCUT2D eigenvalue weighted by molar-refractivity contribution is 5.38. The van der Waals surface area contributed by atoms with Crippen LogP contribution in [0.1, 0.15) is 11.4 Å². The van der Waals surface area contributed by atoms with Crippen molar-refractivity contribution in [2.75, 3.05) is 5.32 Å². The number of tetrazole rings is 1. The molecule has 26 heavy (non-hydrogen) atoms. The van der Waals surface area contributed by atoms with E-state index in [0.717, 1.165) is 24.5 Å². The molecule has 0 bridgehead atoms. The van der Waals surface area contributed by atoms with Crippen molar-refractivity contribution in [1.29, 1.82) is 0 Å². The molecule has 2 aromatic carbocycles. The molecule has 0 aliphatic heterocycles. The summed E-state index contributed by atoms with van der Waals surface area (Å²) in [5, 5.41) is 15.2. The maximum absolute atomic E-state index is 4.45. The highest BCUT2D eigenvalue weighted by Crippen LogP contribution is 2.12. The predicted octanol–water partition coefficient (Wildman–Crippen LogP) is 2.71. The minimum Gasteiger partial charge on any atom is -0.346 e. The van der Waals surface area contributed by atoms with Gasteiger partial charge in [0.25, 0.3) is 0 Å². The lowest BCUT2D eigenvalue weighted by atomic mass is 10.1. The Labute approximate surface area is 151 Å². The van der Waals surface area contributed by atoms with Gasteiger partial charge in [0.15, 0.2) is 0 Å². The molecule has 0 unspecified atom stereocenters. The normalized spacial score (nSPS) is 10.8. The first-order chi connectivity index (χ1) is 12.9. The van der Waals surface area contributed by atoms with Crippen molar-refractivity contribution >= 4 is 5.95 Å². The molecule has 0 radical (unpaired) electrons. The first-order valence-electron chi connectivity index (χ1n) is 8.52. The maximum atomic E-state index is 4.45. The van der Waals surface area contributed by atoms with Gasteiger partial charge >= 0.3 is 0 Å². The molecule has 4 rings (SSSR count). The van der Waals surface area contributed by atoms with E-state index in [1.807, 2.05) is 48.8 Å². The number of hydrogen-bond acceptors (Lipinski definition) is 5. The van der Waals surface area contributed by atoms with Crippen LogP contribution in [0.15, 0.2) is 73.1 Å². The Kier molecular flexibility index (Phi) is 4.68. The number of para-hydroxylation sites is 1. The van der Waals surface area contributed by atoms with Gasteiger partial charge in [-0.3, -0.25) is 0 Å². The summed E-state index contributed by atoms with van der Waals surface area (Å²) in [6.45, 7) is 1.43. The predicted molar refractivity (Wildman–Crippen MR) is 98.9 cm³/mol. The molecule has 7 heteroatoms. The van der Waals surface area contributed by atoms with Gasteiger partial charge < -0.3 is 9.88 Å². The molecule has 0 spiro atoms. The van der Waals surface area contributed by atoms with E-state index in [4.69, 9.17) is 0 Å². The Bertz CT molecular complexity index is 944. The van der Waals surface area contributed by atoms with Gasteiger partial charge in [-0.05, 0) is 34.5 Å². The second-order valence-electron chi connectivity index (χ2n) is 5.88. The first-order valence-corrected chi connectivity index (χ1v) is 8.52. The molecule has 0 amide bonds. The second kappa shape index (κ2) is 7.60. The van der Waals surface area contributed by atoms with E-state index in [1.54, 1.807) is 4.68 Å².